The number of rotatable bonds is 3. The van der Waals surface area contributed by atoms with Crippen molar-refractivity contribution in [3.63, 3.8) is 0 Å². The average molecular weight is 227 g/mol. The summed E-state index contributed by atoms with van der Waals surface area (Å²) in [5.74, 6) is 0.916. The lowest BCUT2D eigenvalue weighted by atomic mass is 10.1. The summed E-state index contributed by atoms with van der Waals surface area (Å²) in [4.78, 5) is 8.86. The monoisotopic (exact) mass is 227 g/mol. The first-order valence-corrected chi connectivity index (χ1v) is 5.79. The molecule has 0 saturated carbocycles. The molecule has 1 heterocycles. The topological polar surface area (TPSA) is 51.8 Å². The van der Waals surface area contributed by atoms with Gasteiger partial charge in [-0.3, -0.25) is 0 Å². The van der Waals surface area contributed by atoms with Crippen LogP contribution < -0.4 is 5.73 Å². The molecule has 3 heteroatoms. The third-order valence-corrected chi connectivity index (χ3v) is 2.65. The van der Waals surface area contributed by atoms with Gasteiger partial charge in [0.05, 0.1) is 0 Å². The van der Waals surface area contributed by atoms with E-state index in [1.807, 2.05) is 32.0 Å². The Kier molecular flexibility index (Phi) is 3.38. The van der Waals surface area contributed by atoms with Crippen LogP contribution in [-0.2, 0) is 12.8 Å². The molecule has 0 atom stereocenters. The molecule has 1 aromatic heterocycles. The zero-order chi connectivity index (χ0) is 12.3. The molecular weight excluding hydrogens is 210 g/mol. The van der Waals surface area contributed by atoms with E-state index in [1.165, 1.54) is 5.56 Å². The molecule has 2 aromatic rings. The van der Waals surface area contributed by atoms with E-state index in [4.69, 9.17) is 5.73 Å². The molecule has 3 nitrogen and oxygen atoms in total. The molecule has 0 radical (unpaired) electrons. The number of hydrogen-bond acceptors (Lipinski definition) is 3. The Morgan fingerprint density at radius 2 is 1.53 bits per heavy atom. The number of nitrogens with two attached hydrogens (primary N) is 1. The highest BCUT2D eigenvalue weighted by Crippen LogP contribution is 2.08. The summed E-state index contributed by atoms with van der Waals surface area (Å²) >= 11 is 0. The lowest BCUT2D eigenvalue weighted by molar-refractivity contribution is 0.834. The third kappa shape index (κ3) is 3.28. The van der Waals surface area contributed by atoms with E-state index >= 15 is 0 Å². The lowest BCUT2D eigenvalue weighted by Gasteiger charge is -2.04. The van der Waals surface area contributed by atoms with E-state index in [2.05, 4.69) is 22.1 Å². The first-order valence-electron chi connectivity index (χ1n) is 5.79. The molecule has 2 rings (SSSR count). The first-order chi connectivity index (χ1) is 8.13. The molecule has 0 unspecified atom stereocenters. The fourth-order valence-corrected chi connectivity index (χ4v) is 1.85. The Labute approximate surface area is 102 Å². The zero-order valence-electron chi connectivity index (χ0n) is 10.3. The number of benzene rings is 1. The van der Waals surface area contributed by atoms with Gasteiger partial charge in [0, 0.05) is 23.5 Å². The Morgan fingerprint density at radius 3 is 2.12 bits per heavy atom. The second-order valence-electron chi connectivity index (χ2n) is 4.31. The van der Waals surface area contributed by atoms with E-state index in [9.17, 15) is 0 Å². The van der Waals surface area contributed by atoms with Crippen molar-refractivity contribution in [3.05, 3.63) is 53.1 Å². The van der Waals surface area contributed by atoms with Gasteiger partial charge in [-0.15, -0.1) is 0 Å². The average Bonchev–Trinajstić information content (AvgIpc) is 2.27. The van der Waals surface area contributed by atoms with Crippen LogP contribution >= 0.6 is 0 Å². The SMILES string of the molecule is Cc1cc(C)nc(CCc2ccc(N)cc2)n1. The molecule has 0 spiro atoms. The van der Waals surface area contributed by atoms with E-state index in [1.54, 1.807) is 0 Å². The quantitative estimate of drug-likeness (QED) is 0.819. The Morgan fingerprint density at radius 1 is 0.941 bits per heavy atom. The molecule has 0 aliphatic heterocycles. The highest BCUT2D eigenvalue weighted by Gasteiger charge is 2.00. The number of anilines is 1. The molecule has 0 aliphatic rings. The van der Waals surface area contributed by atoms with E-state index in [0.29, 0.717) is 0 Å². The van der Waals surface area contributed by atoms with Crippen molar-refractivity contribution < 1.29 is 0 Å². The predicted molar refractivity (Wildman–Crippen MR) is 69.8 cm³/mol. The number of nitrogens with zero attached hydrogens (tertiary/aromatic N) is 2. The normalized spacial score (nSPS) is 10.5. The summed E-state index contributed by atoms with van der Waals surface area (Å²) in [5.41, 5.74) is 9.78. The molecule has 17 heavy (non-hydrogen) atoms. The Hall–Kier alpha value is -1.90. The highest BCUT2D eigenvalue weighted by molar-refractivity contribution is 5.39. The summed E-state index contributed by atoms with van der Waals surface area (Å²) in [6.45, 7) is 4.00. The maximum Gasteiger partial charge on any atom is 0.129 e. The molecule has 88 valence electrons. The van der Waals surface area contributed by atoms with Crippen LogP contribution in [0.15, 0.2) is 30.3 Å². The van der Waals surface area contributed by atoms with Gasteiger partial charge in [0.25, 0.3) is 0 Å². The van der Waals surface area contributed by atoms with Gasteiger partial charge >= 0.3 is 0 Å². The fraction of sp³-hybridized carbons (Fsp3) is 0.286. The van der Waals surface area contributed by atoms with Gasteiger partial charge in [0.15, 0.2) is 0 Å². The lowest BCUT2D eigenvalue weighted by Crippen LogP contribution is -2.01. The van der Waals surface area contributed by atoms with Gasteiger partial charge in [-0.25, -0.2) is 9.97 Å². The van der Waals surface area contributed by atoms with Crippen molar-refractivity contribution in [1.82, 2.24) is 9.97 Å². The molecule has 2 N–H and O–H groups in total. The summed E-state index contributed by atoms with van der Waals surface area (Å²) in [5, 5.41) is 0. The van der Waals surface area contributed by atoms with Crippen LogP contribution in [0.2, 0.25) is 0 Å². The van der Waals surface area contributed by atoms with Gasteiger partial charge in [-0.1, -0.05) is 12.1 Å². The second-order valence-corrected chi connectivity index (χ2v) is 4.31. The zero-order valence-corrected chi connectivity index (χ0v) is 10.3. The smallest absolute Gasteiger partial charge is 0.129 e. The molecule has 1 aromatic carbocycles. The molecule has 0 bridgehead atoms. The van der Waals surface area contributed by atoms with Gasteiger partial charge in [0.1, 0.15) is 5.82 Å². The minimum Gasteiger partial charge on any atom is -0.399 e. The van der Waals surface area contributed by atoms with Crippen LogP contribution in [-0.4, -0.2) is 9.97 Å². The van der Waals surface area contributed by atoms with E-state index < -0.39 is 0 Å². The fourth-order valence-electron chi connectivity index (χ4n) is 1.85. The Balaban J connectivity index is 2.04. The maximum absolute atomic E-state index is 5.65. The van der Waals surface area contributed by atoms with Crippen LogP contribution in [0.1, 0.15) is 22.8 Å². The molecule has 0 saturated heterocycles. The van der Waals surface area contributed by atoms with Crippen molar-refractivity contribution in [1.29, 1.82) is 0 Å². The number of hydrogen-bond donors (Lipinski definition) is 1. The highest BCUT2D eigenvalue weighted by atomic mass is 14.9. The van der Waals surface area contributed by atoms with Crippen molar-refractivity contribution in [3.8, 4) is 0 Å². The molecule has 0 amide bonds. The van der Waals surface area contributed by atoms with E-state index in [0.717, 1.165) is 35.7 Å². The van der Waals surface area contributed by atoms with Gasteiger partial charge in [-0.2, -0.15) is 0 Å². The minimum atomic E-state index is 0.802. The molecular formula is C14H17N3. The number of nitrogen functional groups attached to an aromatic ring is 1. The van der Waals surface area contributed by atoms with Crippen LogP contribution in [0.4, 0.5) is 5.69 Å². The molecule has 0 aliphatic carbocycles. The number of aryl methyl sites for hydroxylation is 4. The Bertz CT molecular complexity index is 483. The summed E-state index contributed by atoms with van der Waals surface area (Å²) in [6, 6.07) is 9.96. The predicted octanol–water partition coefficient (Wildman–Crippen LogP) is 2.46. The number of aromatic nitrogens is 2. The van der Waals surface area contributed by atoms with Gasteiger partial charge in [-0.05, 0) is 44.0 Å². The van der Waals surface area contributed by atoms with Gasteiger partial charge < -0.3 is 5.73 Å². The third-order valence-electron chi connectivity index (χ3n) is 2.65. The summed E-state index contributed by atoms with van der Waals surface area (Å²) in [6.07, 6.45) is 1.82. The van der Waals surface area contributed by atoms with Crippen molar-refractivity contribution in [2.24, 2.45) is 0 Å². The van der Waals surface area contributed by atoms with E-state index in [-0.39, 0.29) is 0 Å². The largest absolute Gasteiger partial charge is 0.399 e. The van der Waals surface area contributed by atoms with Crippen molar-refractivity contribution in [2.45, 2.75) is 26.7 Å². The van der Waals surface area contributed by atoms with Gasteiger partial charge in [0.2, 0.25) is 0 Å². The van der Waals surface area contributed by atoms with Crippen LogP contribution in [0, 0.1) is 13.8 Å². The summed E-state index contributed by atoms with van der Waals surface area (Å²) in [7, 11) is 0. The first kappa shape index (κ1) is 11.6. The van der Waals surface area contributed by atoms with Crippen LogP contribution in [0.5, 0.6) is 0 Å². The second kappa shape index (κ2) is 4.95. The van der Waals surface area contributed by atoms with Crippen LogP contribution in [0.25, 0.3) is 0 Å². The summed E-state index contributed by atoms with van der Waals surface area (Å²) < 4.78 is 0. The van der Waals surface area contributed by atoms with Crippen molar-refractivity contribution >= 4 is 5.69 Å². The minimum absolute atomic E-state index is 0.802. The maximum atomic E-state index is 5.65. The molecule has 0 fully saturated rings. The standard InChI is InChI=1S/C14H17N3/c1-10-9-11(2)17-14(16-10)8-5-12-3-6-13(15)7-4-12/h3-4,6-7,9H,5,8,15H2,1-2H3. The van der Waals surface area contributed by atoms with Crippen LogP contribution in [0.3, 0.4) is 0 Å². The van der Waals surface area contributed by atoms with Crippen molar-refractivity contribution in [2.75, 3.05) is 5.73 Å².